The van der Waals surface area contributed by atoms with E-state index in [-0.39, 0.29) is 5.82 Å². The normalized spacial score (nSPS) is 13.3. The van der Waals surface area contributed by atoms with Crippen molar-refractivity contribution in [3.05, 3.63) is 71.2 Å². The second-order valence-electron chi connectivity index (χ2n) is 4.57. The molecule has 2 nitrogen and oxygen atoms in total. The van der Waals surface area contributed by atoms with Gasteiger partial charge in [0.2, 0.25) is 0 Å². The molecule has 0 aromatic heterocycles. The zero-order chi connectivity index (χ0) is 13.2. The van der Waals surface area contributed by atoms with E-state index in [9.17, 15) is 9.18 Å². The molecule has 0 N–H and O–H groups in total. The van der Waals surface area contributed by atoms with Crippen LogP contribution in [0.2, 0.25) is 0 Å². The molecule has 0 unspecified atom stereocenters. The van der Waals surface area contributed by atoms with Gasteiger partial charge in [-0.05, 0) is 29.3 Å². The van der Waals surface area contributed by atoms with Gasteiger partial charge < -0.3 is 4.90 Å². The number of benzene rings is 2. The summed E-state index contributed by atoms with van der Waals surface area (Å²) in [5.74, 6) is 1.76. The van der Waals surface area contributed by atoms with Gasteiger partial charge in [-0.25, -0.2) is 9.18 Å². The van der Waals surface area contributed by atoms with E-state index in [0.29, 0.717) is 18.7 Å². The number of halogens is 1. The summed E-state index contributed by atoms with van der Waals surface area (Å²) in [6.45, 7) is 0.557. The summed E-state index contributed by atoms with van der Waals surface area (Å²) in [5, 5.41) is 0. The van der Waals surface area contributed by atoms with E-state index < -0.39 is 0 Å². The number of carbonyl (C=O) groups excluding carboxylic acids is 1. The first-order valence-corrected chi connectivity index (χ1v) is 6.12. The predicted molar refractivity (Wildman–Crippen MR) is 71.9 cm³/mol. The third kappa shape index (κ3) is 2.16. The van der Waals surface area contributed by atoms with Crippen molar-refractivity contribution >= 4 is 11.6 Å². The van der Waals surface area contributed by atoms with Crippen molar-refractivity contribution < 1.29 is 9.18 Å². The lowest BCUT2D eigenvalue weighted by Gasteiger charge is -2.19. The van der Waals surface area contributed by atoms with Gasteiger partial charge in [-0.3, -0.25) is 0 Å². The van der Waals surface area contributed by atoms with E-state index in [1.54, 1.807) is 12.1 Å². The fourth-order valence-corrected chi connectivity index (χ4v) is 2.39. The summed E-state index contributed by atoms with van der Waals surface area (Å²) in [6.07, 6.45) is 0.612. The van der Waals surface area contributed by atoms with Gasteiger partial charge in [0.05, 0.1) is 0 Å². The lowest BCUT2D eigenvalue weighted by molar-refractivity contribution is 0.565. The quantitative estimate of drug-likeness (QED) is 0.766. The van der Waals surface area contributed by atoms with E-state index >= 15 is 0 Å². The lowest BCUT2D eigenvalue weighted by Crippen LogP contribution is -2.18. The predicted octanol–water partition coefficient (Wildman–Crippen LogP) is 3.10. The van der Waals surface area contributed by atoms with Gasteiger partial charge in [0, 0.05) is 18.7 Å². The molecule has 0 spiro atoms. The van der Waals surface area contributed by atoms with Gasteiger partial charge in [-0.2, -0.15) is 0 Å². The highest BCUT2D eigenvalue weighted by Gasteiger charge is 2.24. The Bertz CT molecular complexity index is 657. The number of rotatable bonds is 2. The Morgan fingerprint density at radius 3 is 2.58 bits per heavy atom. The number of hydrogen-bond donors (Lipinski definition) is 0. The summed E-state index contributed by atoms with van der Waals surface area (Å²) in [7, 11) is 0. The largest absolute Gasteiger partial charge is 0.331 e. The fourth-order valence-electron chi connectivity index (χ4n) is 2.39. The van der Waals surface area contributed by atoms with Crippen molar-refractivity contribution in [3.8, 4) is 0 Å². The van der Waals surface area contributed by atoms with Crippen molar-refractivity contribution in [3.63, 3.8) is 0 Å². The minimum atomic E-state index is -0.253. The molecule has 0 bridgehead atoms. The average Bonchev–Trinajstić information content (AvgIpc) is 2.79. The van der Waals surface area contributed by atoms with Crippen LogP contribution in [0.1, 0.15) is 11.1 Å². The van der Waals surface area contributed by atoms with E-state index in [1.165, 1.54) is 12.1 Å². The van der Waals surface area contributed by atoms with Crippen LogP contribution < -0.4 is 4.90 Å². The van der Waals surface area contributed by atoms with Gasteiger partial charge in [0.1, 0.15) is 17.5 Å². The summed E-state index contributed by atoms with van der Waals surface area (Å²) >= 11 is 0. The molecule has 0 saturated heterocycles. The maximum atomic E-state index is 12.9. The first-order valence-electron chi connectivity index (χ1n) is 6.12. The van der Waals surface area contributed by atoms with E-state index in [4.69, 9.17) is 0 Å². The number of nitrogens with zero attached hydrogens (tertiary/aromatic N) is 1. The van der Waals surface area contributed by atoms with Crippen LogP contribution in [0.3, 0.4) is 0 Å². The molecule has 0 saturated carbocycles. The molecule has 3 heteroatoms. The molecule has 2 aromatic carbocycles. The molecule has 0 radical (unpaired) electrons. The standard InChI is InChI=1S/C16H12FNO/c17-14-7-5-12(6-8-14)10-18-15(11-19)9-13-3-1-2-4-16(13)18/h1-8H,9-10H2. The van der Waals surface area contributed by atoms with Crippen molar-refractivity contribution in [2.24, 2.45) is 0 Å². The maximum Gasteiger partial charge on any atom is 0.146 e. The lowest BCUT2D eigenvalue weighted by atomic mass is 10.1. The van der Waals surface area contributed by atoms with Crippen molar-refractivity contribution in [1.29, 1.82) is 0 Å². The van der Waals surface area contributed by atoms with E-state index in [0.717, 1.165) is 16.8 Å². The molecule has 1 aliphatic rings. The monoisotopic (exact) mass is 253 g/mol. The minimum Gasteiger partial charge on any atom is -0.331 e. The third-order valence-corrected chi connectivity index (χ3v) is 3.34. The van der Waals surface area contributed by atoms with Crippen LogP contribution in [-0.4, -0.2) is 5.94 Å². The smallest absolute Gasteiger partial charge is 0.146 e. The first-order chi connectivity index (χ1) is 9.28. The Morgan fingerprint density at radius 2 is 1.84 bits per heavy atom. The summed E-state index contributed by atoms with van der Waals surface area (Å²) in [4.78, 5) is 13.0. The highest BCUT2D eigenvalue weighted by atomic mass is 19.1. The Kier molecular flexibility index (Phi) is 2.90. The Labute approximate surface area is 110 Å². The van der Waals surface area contributed by atoms with Crippen LogP contribution in [0.5, 0.6) is 0 Å². The van der Waals surface area contributed by atoms with Gasteiger partial charge in [0.25, 0.3) is 0 Å². The van der Waals surface area contributed by atoms with Crippen molar-refractivity contribution in [2.75, 3.05) is 4.90 Å². The van der Waals surface area contributed by atoms with Crippen LogP contribution in [0, 0.1) is 5.82 Å². The highest BCUT2D eigenvalue weighted by Crippen LogP contribution is 2.34. The van der Waals surface area contributed by atoms with Gasteiger partial charge in [-0.15, -0.1) is 0 Å². The number of anilines is 1. The maximum absolute atomic E-state index is 12.9. The molecule has 94 valence electrons. The Morgan fingerprint density at radius 1 is 1.11 bits per heavy atom. The number of allylic oxidation sites excluding steroid dienone is 1. The summed E-state index contributed by atoms with van der Waals surface area (Å²) in [5.41, 5.74) is 3.75. The number of hydrogen-bond acceptors (Lipinski definition) is 2. The van der Waals surface area contributed by atoms with Crippen molar-refractivity contribution in [2.45, 2.75) is 13.0 Å². The van der Waals surface area contributed by atoms with E-state index in [1.807, 2.05) is 35.1 Å². The zero-order valence-corrected chi connectivity index (χ0v) is 10.3. The molecular formula is C16H12FNO. The topological polar surface area (TPSA) is 20.3 Å². The molecule has 0 aliphatic carbocycles. The second kappa shape index (κ2) is 4.71. The molecule has 2 aromatic rings. The molecule has 0 amide bonds. The summed E-state index contributed by atoms with van der Waals surface area (Å²) in [6, 6.07) is 14.2. The SMILES string of the molecule is O=C=C1Cc2ccccc2N1Cc1ccc(F)cc1. The van der Waals surface area contributed by atoms with E-state index in [2.05, 4.69) is 0 Å². The highest BCUT2D eigenvalue weighted by molar-refractivity contribution is 5.73. The molecule has 1 aliphatic heterocycles. The van der Waals surface area contributed by atoms with Crippen LogP contribution in [0.15, 0.2) is 54.2 Å². The molecule has 3 rings (SSSR count). The Hall–Kier alpha value is -2.38. The number of fused-ring (bicyclic) bond motifs is 1. The molecule has 19 heavy (non-hydrogen) atoms. The van der Waals surface area contributed by atoms with Gasteiger partial charge in [0.15, 0.2) is 0 Å². The summed E-state index contributed by atoms with van der Waals surface area (Å²) < 4.78 is 12.9. The van der Waals surface area contributed by atoms with Crippen molar-refractivity contribution in [1.82, 2.24) is 0 Å². The van der Waals surface area contributed by atoms with Crippen LogP contribution >= 0.6 is 0 Å². The molecule has 0 atom stereocenters. The first kappa shape index (κ1) is 11.7. The van der Waals surface area contributed by atoms with Crippen LogP contribution in [-0.2, 0) is 17.8 Å². The van der Waals surface area contributed by atoms with Gasteiger partial charge in [-0.1, -0.05) is 30.3 Å². The fraction of sp³-hybridized carbons (Fsp3) is 0.125. The van der Waals surface area contributed by atoms with Crippen LogP contribution in [0.25, 0.3) is 0 Å². The minimum absolute atomic E-state index is 0.253. The molecule has 1 heterocycles. The number of para-hydroxylation sites is 1. The van der Waals surface area contributed by atoms with Gasteiger partial charge >= 0.3 is 0 Å². The zero-order valence-electron chi connectivity index (χ0n) is 10.3. The molecule has 0 fully saturated rings. The van der Waals surface area contributed by atoms with Crippen LogP contribution in [0.4, 0.5) is 10.1 Å². The second-order valence-corrected chi connectivity index (χ2v) is 4.57. The third-order valence-electron chi connectivity index (χ3n) is 3.34. The average molecular weight is 253 g/mol. The Balaban J connectivity index is 1.95. The molecular weight excluding hydrogens is 241 g/mol.